The normalized spacial score (nSPS) is 16.7. The molecule has 1 aromatic rings. The minimum Gasteiger partial charge on any atom is -0.486 e. The van der Waals surface area contributed by atoms with Gasteiger partial charge in [0, 0.05) is 37.3 Å². The van der Waals surface area contributed by atoms with Gasteiger partial charge in [-0.05, 0) is 25.0 Å². The van der Waals surface area contributed by atoms with Crippen molar-refractivity contribution >= 4 is 29.1 Å². The Morgan fingerprint density at radius 2 is 2.22 bits per heavy atom. The monoisotopic (exact) mass is 398 g/mol. The van der Waals surface area contributed by atoms with E-state index in [4.69, 9.17) is 22.1 Å². The summed E-state index contributed by atoms with van der Waals surface area (Å²) in [4.78, 5) is 36.5. The topological polar surface area (TPSA) is 128 Å². The third-order valence-electron chi connectivity index (χ3n) is 4.28. The number of nitrogens with zero attached hydrogens (tertiary/aromatic N) is 2. The molecule has 1 aliphatic heterocycles. The van der Waals surface area contributed by atoms with Gasteiger partial charge in [-0.2, -0.15) is 0 Å². The molecular formula is C17H23ClN4O5. The summed E-state index contributed by atoms with van der Waals surface area (Å²) in [7, 11) is 0. The summed E-state index contributed by atoms with van der Waals surface area (Å²) in [5, 5.41) is 14.0. The number of nitro groups is 1. The molecule has 1 saturated heterocycles. The maximum atomic E-state index is 12.4. The molecule has 9 nitrogen and oxygen atoms in total. The Bertz CT molecular complexity index is 700. The predicted molar refractivity (Wildman–Crippen MR) is 99.6 cm³/mol. The van der Waals surface area contributed by atoms with Crippen LogP contribution in [0, 0.1) is 16.0 Å². The average Bonchev–Trinajstić information content (AvgIpc) is 2.67. The van der Waals surface area contributed by atoms with Gasteiger partial charge in [-0.3, -0.25) is 19.7 Å². The number of piperidine rings is 1. The highest BCUT2D eigenvalue weighted by Gasteiger charge is 2.28. The van der Waals surface area contributed by atoms with Crippen LogP contribution >= 0.6 is 11.6 Å². The maximum absolute atomic E-state index is 12.4. The molecule has 1 heterocycles. The number of nitrogens with one attached hydrogen (secondary N) is 1. The summed E-state index contributed by atoms with van der Waals surface area (Å²) in [5.41, 5.74) is 5.13. The standard InChI is InChI=1S/C17H23ClN4O5/c18-13-3-4-15(14(10-13)22(25)26)27-9-5-16(23)21-8-1-2-12(11-21)17(24)20-7-6-19/h3-4,10,12H,1-2,5-9,11,19H2,(H,20,24). The minimum atomic E-state index is -0.585. The number of hydrogen-bond donors (Lipinski definition) is 2. The lowest BCUT2D eigenvalue weighted by Gasteiger charge is -2.32. The fourth-order valence-corrected chi connectivity index (χ4v) is 3.09. The van der Waals surface area contributed by atoms with Crippen molar-refractivity contribution in [1.82, 2.24) is 10.2 Å². The second kappa shape index (κ2) is 10.1. The van der Waals surface area contributed by atoms with E-state index in [0.29, 0.717) is 26.2 Å². The molecule has 0 bridgehead atoms. The fraction of sp³-hybridized carbons (Fsp3) is 0.529. The van der Waals surface area contributed by atoms with Crippen molar-refractivity contribution in [2.75, 3.05) is 32.8 Å². The number of carbonyl (C=O) groups excluding carboxylic acids is 2. The van der Waals surface area contributed by atoms with Crippen LogP contribution in [0.25, 0.3) is 0 Å². The number of ether oxygens (including phenoxy) is 1. The Labute approximate surface area is 161 Å². The molecule has 2 amide bonds. The van der Waals surface area contributed by atoms with Crippen LogP contribution in [-0.4, -0.2) is 54.4 Å². The quantitative estimate of drug-likeness (QED) is 0.502. The largest absolute Gasteiger partial charge is 0.486 e. The van der Waals surface area contributed by atoms with Crippen molar-refractivity contribution in [2.45, 2.75) is 19.3 Å². The summed E-state index contributed by atoms with van der Waals surface area (Å²) in [6.45, 7) is 1.73. The molecule has 1 fully saturated rings. The Balaban J connectivity index is 1.85. The molecular weight excluding hydrogens is 376 g/mol. The number of hydrogen-bond acceptors (Lipinski definition) is 6. The van der Waals surface area contributed by atoms with Crippen LogP contribution in [0.5, 0.6) is 5.75 Å². The summed E-state index contributed by atoms with van der Waals surface area (Å²) in [5.74, 6) is -0.420. The van der Waals surface area contributed by atoms with Gasteiger partial charge >= 0.3 is 5.69 Å². The predicted octanol–water partition coefficient (Wildman–Crippen LogP) is 1.33. The summed E-state index contributed by atoms with van der Waals surface area (Å²) in [6.07, 6.45) is 1.54. The Kier molecular flexibility index (Phi) is 7.81. The van der Waals surface area contributed by atoms with E-state index in [0.717, 1.165) is 12.8 Å². The molecule has 0 radical (unpaired) electrons. The number of nitro benzene ring substituents is 1. The SMILES string of the molecule is NCCNC(=O)C1CCCN(C(=O)CCOc2ccc(Cl)cc2[N+](=O)[O-])C1. The van der Waals surface area contributed by atoms with Gasteiger partial charge < -0.3 is 20.7 Å². The van der Waals surface area contributed by atoms with Gasteiger partial charge in [0.1, 0.15) is 0 Å². The van der Waals surface area contributed by atoms with Gasteiger partial charge in [0.25, 0.3) is 0 Å². The molecule has 2 rings (SSSR count). The number of amides is 2. The molecule has 0 saturated carbocycles. The first-order chi connectivity index (χ1) is 12.9. The lowest BCUT2D eigenvalue weighted by Crippen LogP contribution is -2.46. The fourth-order valence-electron chi connectivity index (χ4n) is 2.92. The van der Waals surface area contributed by atoms with Crippen LogP contribution in [0.3, 0.4) is 0 Å². The van der Waals surface area contributed by atoms with Crippen LogP contribution in [0.2, 0.25) is 5.02 Å². The molecule has 1 unspecified atom stereocenters. The van der Waals surface area contributed by atoms with Gasteiger partial charge in [-0.1, -0.05) is 11.6 Å². The van der Waals surface area contributed by atoms with Crippen molar-refractivity contribution in [3.8, 4) is 5.75 Å². The lowest BCUT2D eigenvalue weighted by atomic mass is 9.97. The van der Waals surface area contributed by atoms with E-state index in [9.17, 15) is 19.7 Å². The van der Waals surface area contributed by atoms with Gasteiger partial charge in [0.05, 0.1) is 23.9 Å². The Hall–Kier alpha value is -2.39. The van der Waals surface area contributed by atoms with Crippen molar-refractivity contribution in [1.29, 1.82) is 0 Å². The first-order valence-corrected chi connectivity index (χ1v) is 9.12. The van der Waals surface area contributed by atoms with Crippen molar-refractivity contribution in [2.24, 2.45) is 11.7 Å². The van der Waals surface area contributed by atoms with Crippen LogP contribution in [0.15, 0.2) is 18.2 Å². The van der Waals surface area contributed by atoms with Crippen LogP contribution in [-0.2, 0) is 9.59 Å². The molecule has 0 aromatic heterocycles. The summed E-state index contributed by atoms with van der Waals surface area (Å²) >= 11 is 5.76. The zero-order valence-electron chi connectivity index (χ0n) is 14.9. The highest BCUT2D eigenvalue weighted by atomic mass is 35.5. The Morgan fingerprint density at radius 1 is 1.44 bits per heavy atom. The molecule has 27 heavy (non-hydrogen) atoms. The number of carbonyl (C=O) groups is 2. The molecule has 0 spiro atoms. The Morgan fingerprint density at radius 3 is 2.93 bits per heavy atom. The first-order valence-electron chi connectivity index (χ1n) is 8.74. The lowest BCUT2D eigenvalue weighted by molar-refractivity contribution is -0.385. The van der Waals surface area contributed by atoms with E-state index in [1.54, 1.807) is 4.90 Å². The van der Waals surface area contributed by atoms with E-state index in [-0.39, 0.29) is 47.2 Å². The van der Waals surface area contributed by atoms with E-state index in [1.165, 1.54) is 18.2 Å². The summed E-state index contributed by atoms with van der Waals surface area (Å²) in [6, 6.07) is 4.10. The molecule has 10 heteroatoms. The van der Waals surface area contributed by atoms with Crippen LogP contribution in [0.1, 0.15) is 19.3 Å². The number of halogens is 1. The smallest absolute Gasteiger partial charge is 0.312 e. The third kappa shape index (κ3) is 6.07. The molecule has 1 atom stereocenters. The van der Waals surface area contributed by atoms with E-state index in [2.05, 4.69) is 5.32 Å². The first kappa shape index (κ1) is 20.9. The zero-order chi connectivity index (χ0) is 19.8. The molecule has 1 aliphatic rings. The van der Waals surface area contributed by atoms with Crippen molar-refractivity contribution < 1.29 is 19.2 Å². The molecule has 1 aromatic carbocycles. The minimum absolute atomic E-state index is 0.00183. The number of nitrogens with two attached hydrogens (primary N) is 1. The van der Waals surface area contributed by atoms with E-state index >= 15 is 0 Å². The average molecular weight is 399 g/mol. The zero-order valence-corrected chi connectivity index (χ0v) is 15.6. The number of benzene rings is 1. The number of likely N-dealkylation sites (tertiary alicyclic amines) is 1. The molecule has 3 N–H and O–H groups in total. The maximum Gasteiger partial charge on any atom is 0.312 e. The van der Waals surface area contributed by atoms with E-state index in [1.807, 2.05) is 0 Å². The van der Waals surface area contributed by atoms with Gasteiger partial charge in [0.15, 0.2) is 5.75 Å². The third-order valence-corrected chi connectivity index (χ3v) is 4.51. The second-order valence-corrected chi connectivity index (χ2v) is 6.66. The molecule has 148 valence electrons. The highest BCUT2D eigenvalue weighted by molar-refractivity contribution is 6.30. The van der Waals surface area contributed by atoms with Crippen molar-refractivity contribution in [3.05, 3.63) is 33.3 Å². The highest BCUT2D eigenvalue weighted by Crippen LogP contribution is 2.30. The molecule has 0 aliphatic carbocycles. The second-order valence-electron chi connectivity index (χ2n) is 6.23. The van der Waals surface area contributed by atoms with Crippen molar-refractivity contribution in [3.63, 3.8) is 0 Å². The van der Waals surface area contributed by atoms with Crippen LogP contribution < -0.4 is 15.8 Å². The van der Waals surface area contributed by atoms with Gasteiger partial charge in [-0.25, -0.2) is 0 Å². The van der Waals surface area contributed by atoms with E-state index < -0.39 is 4.92 Å². The van der Waals surface area contributed by atoms with Crippen LogP contribution in [0.4, 0.5) is 5.69 Å². The summed E-state index contributed by atoms with van der Waals surface area (Å²) < 4.78 is 5.40. The van der Waals surface area contributed by atoms with Gasteiger partial charge in [0.2, 0.25) is 11.8 Å². The van der Waals surface area contributed by atoms with Gasteiger partial charge in [-0.15, -0.1) is 0 Å². The number of rotatable bonds is 8.